The molecule has 0 spiro atoms. The Hall–Kier alpha value is -3.32. The lowest BCUT2D eigenvalue weighted by Crippen LogP contribution is -2.29. The molecule has 0 radical (unpaired) electrons. The molecule has 1 aromatic carbocycles. The summed E-state index contributed by atoms with van der Waals surface area (Å²) < 4.78 is 12.3. The van der Waals surface area contributed by atoms with Gasteiger partial charge in [0.15, 0.2) is 11.3 Å². The van der Waals surface area contributed by atoms with Crippen LogP contribution in [0.4, 0.5) is 5.69 Å². The van der Waals surface area contributed by atoms with Crippen LogP contribution in [-0.4, -0.2) is 34.0 Å². The number of nitrogens with one attached hydrogen (secondary N) is 1. The van der Waals surface area contributed by atoms with Crippen LogP contribution in [-0.2, 0) is 14.3 Å². The largest absolute Gasteiger partial charge is 0.494 e. The molecule has 1 atom stereocenters. The summed E-state index contributed by atoms with van der Waals surface area (Å²) in [5.41, 5.74) is 1.79. The fraction of sp³-hybridized carbons (Fsp3) is 0.190. The van der Waals surface area contributed by atoms with E-state index in [0.29, 0.717) is 29.4 Å². The number of nitrogens with zero attached hydrogens (tertiary/aromatic N) is 2. The number of anilines is 1. The average molecular weight is 414 g/mol. The zero-order chi connectivity index (χ0) is 20.8. The van der Waals surface area contributed by atoms with Crippen LogP contribution in [0.1, 0.15) is 19.5 Å². The quantitative estimate of drug-likeness (QED) is 0.468. The second-order valence-electron chi connectivity index (χ2n) is 6.08. The van der Waals surface area contributed by atoms with Crippen molar-refractivity contribution in [2.24, 2.45) is 0 Å². The van der Waals surface area contributed by atoms with E-state index in [1.807, 2.05) is 19.1 Å². The van der Waals surface area contributed by atoms with Gasteiger partial charge in [0.05, 0.1) is 12.3 Å². The molecule has 2 heterocycles. The lowest BCUT2D eigenvalue weighted by Gasteiger charge is -2.12. The zero-order valence-corrected chi connectivity index (χ0v) is 16.7. The Balaban J connectivity index is 1.58. The highest BCUT2D eigenvalue weighted by atomic mass is 35.5. The highest BCUT2D eigenvalue weighted by molar-refractivity contribution is 6.31. The molecule has 3 rings (SSSR count). The molecule has 150 valence electrons. The minimum absolute atomic E-state index is 0.265. The Morgan fingerprint density at radius 2 is 2.00 bits per heavy atom. The number of amides is 1. The number of pyridine rings is 1. The van der Waals surface area contributed by atoms with Crippen molar-refractivity contribution in [3.05, 3.63) is 65.6 Å². The van der Waals surface area contributed by atoms with Crippen molar-refractivity contribution in [3.63, 3.8) is 0 Å². The monoisotopic (exact) mass is 413 g/mol. The standard InChI is InChI=1S/C21H20ClN3O4/c1-3-28-16-9-7-15(8-10-16)23-21(27)14(2)29-19(26)12-11-17-20(22)24-18-6-4-5-13-25(17)18/h4-14H,3H2,1-2H3,(H,23,27)/b12-11+/t14-/m1/s1. The molecule has 0 saturated heterocycles. The van der Waals surface area contributed by atoms with Crippen molar-refractivity contribution in [3.8, 4) is 5.75 Å². The maximum atomic E-state index is 12.2. The molecular weight excluding hydrogens is 394 g/mol. The van der Waals surface area contributed by atoms with Crippen LogP contribution in [0.3, 0.4) is 0 Å². The highest BCUT2D eigenvalue weighted by Crippen LogP contribution is 2.19. The van der Waals surface area contributed by atoms with Crippen molar-refractivity contribution >= 4 is 40.9 Å². The number of hydrogen-bond acceptors (Lipinski definition) is 5. The van der Waals surface area contributed by atoms with Gasteiger partial charge in [0.2, 0.25) is 0 Å². The van der Waals surface area contributed by atoms with Gasteiger partial charge in [-0.2, -0.15) is 0 Å². The number of carbonyl (C=O) groups excluding carboxylic acids is 2. The van der Waals surface area contributed by atoms with Gasteiger partial charge in [-0.3, -0.25) is 9.20 Å². The van der Waals surface area contributed by atoms with Crippen molar-refractivity contribution in [2.75, 3.05) is 11.9 Å². The molecule has 0 fully saturated rings. The van der Waals surface area contributed by atoms with Gasteiger partial charge < -0.3 is 14.8 Å². The van der Waals surface area contributed by atoms with Crippen molar-refractivity contribution in [1.82, 2.24) is 9.38 Å². The van der Waals surface area contributed by atoms with Crippen LogP contribution in [0.15, 0.2) is 54.7 Å². The Bertz CT molecular complexity index is 1040. The third kappa shape index (κ3) is 5.14. The summed E-state index contributed by atoms with van der Waals surface area (Å²) >= 11 is 6.12. The molecule has 0 saturated carbocycles. The van der Waals surface area contributed by atoms with E-state index in [4.69, 9.17) is 21.1 Å². The summed E-state index contributed by atoms with van der Waals surface area (Å²) in [6.45, 7) is 3.95. The van der Waals surface area contributed by atoms with Gasteiger partial charge in [0, 0.05) is 18.0 Å². The third-order valence-corrected chi connectivity index (χ3v) is 4.27. The fourth-order valence-electron chi connectivity index (χ4n) is 2.59. The molecule has 7 nitrogen and oxygen atoms in total. The smallest absolute Gasteiger partial charge is 0.331 e. The summed E-state index contributed by atoms with van der Waals surface area (Å²) in [7, 11) is 0. The maximum absolute atomic E-state index is 12.2. The number of carbonyl (C=O) groups is 2. The van der Waals surface area contributed by atoms with Gasteiger partial charge in [0.1, 0.15) is 11.4 Å². The van der Waals surface area contributed by atoms with E-state index in [1.54, 1.807) is 40.9 Å². The van der Waals surface area contributed by atoms with Gasteiger partial charge in [-0.15, -0.1) is 0 Å². The average Bonchev–Trinajstić information content (AvgIpc) is 3.03. The SMILES string of the molecule is CCOc1ccc(NC(=O)[C@@H](C)OC(=O)/C=C/c2c(Cl)nc3ccccn23)cc1. The number of aromatic nitrogens is 2. The first-order valence-electron chi connectivity index (χ1n) is 9.03. The Labute approximate surface area is 172 Å². The van der Waals surface area contributed by atoms with E-state index in [1.165, 1.54) is 19.1 Å². The molecule has 29 heavy (non-hydrogen) atoms. The lowest BCUT2D eigenvalue weighted by atomic mass is 10.3. The highest BCUT2D eigenvalue weighted by Gasteiger charge is 2.17. The minimum atomic E-state index is -0.976. The zero-order valence-electron chi connectivity index (χ0n) is 16.0. The second-order valence-corrected chi connectivity index (χ2v) is 6.43. The number of ether oxygens (including phenoxy) is 2. The van der Waals surface area contributed by atoms with E-state index >= 15 is 0 Å². The summed E-state index contributed by atoms with van der Waals surface area (Å²) in [6.07, 6.45) is 3.52. The molecule has 0 aliphatic rings. The number of halogens is 1. The van der Waals surface area contributed by atoms with Gasteiger partial charge in [-0.1, -0.05) is 17.7 Å². The predicted molar refractivity (Wildman–Crippen MR) is 111 cm³/mol. The number of benzene rings is 1. The first-order valence-corrected chi connectivity index (χ1v) is 9.40. The fourth-order valence-corrected chi connectivity index (χ4v) is 2.83. The molecule has 0 aliphatic heterocycles. The lowest BCUT2D eigenvalue weighted by molar-refractivity contribution is -0.148. The van der Waals surface area contributed by atoms with Crippen molar-refractivity contribution < 1.29 is 19.1 Å². The number of rotatable bonds is 7. The maximum Gasteiger partial charge on any atom is 0.331 e. The predicted octanol–water partition coefficient (Wildman–Crippen LogP) is 3.97. The Morgan fingerprint density at radius 3 is 2.72 bits per heavy atom. The van der Waals surface area contributed by atoms with E-state index in [9.17, 15) is 9.59 Å². The van der Waals surface area contributed by atoms with Crippen LogP contribution in [0, 0.1) is 0 Å². The number of esters is 1. The van der Waals surface area contributed by atoms with E-state index in [2.05, 4.69) is 10.3 Å². The minimum Gasteiger partial charge on any atom is -0.494 e. The van der Waals surface area contributed by atoms with Crippen LogP contribution >= 0.6 is 11.6 Å². The molecular formula is C21H20ClN3O4. The molecule has 1 N–H and O–H groups in total. The van der Waals surface area contributed by atoms with Crippen LogP contribution < -0.4 is 10.1 Å². The van der Waals surface area contributed by atoms with Gasteiger partial charge in [-0.05, 0) is 56.3 Å². The summed E-state index contributed by atoms with van der Waals surface area (Å²) in [6, 6.07) is 12.4. The van der Waals surface area contributed by atoms with Gasteiger partial charge in [0.25, 0.3) is 5.91 Å². The number of hydrogen-bond donors (Lipinski definition) is 1. The molecule has 0 bridgehead atoms. The normalized spacial score (nSPS) is 12.1. The molecule has 3 aromatic rings. The first kappa shape index (κ1) is 20.4. The van der Waals surface area contributed by atoms with Crippen LogP contribution in [0.25, 0.3) is 11.7 Å². The number of fused-ring (bicyclic) bond motifs is 1. The van der Waals surface area contributed by atoms with Crippen molar-refractivity contribution in [1.29, 1.82) is 0 Å². The van der Waals surface area contributed by atoms with Crippen LogP contribution in [0.5, 0.6) is 5.75 Å². The summed E-state index contributed by atoms with van der Waals surface area (Å²) in [5, 5.41) is 2.95. The third-order valence-electron chi connectivity index (χ3n) is 3.99. The molecule has 1 amide bonds. The summed E-state index contributed by atoms with van der Waals surface area (Å²) in [4.78, 5) is 28.5. The second kappa shape index (κ2) is 9.25. The number of imidazole rings is 1. The topological polar surface area (TPSA) is 81.9 Å². The van der Waals surface area contributed by atoms with Crippen molar-refractivity contribution in [2.45, 2.75) is 20.0 Å². The Morgan fingerprint density at radius 1 is 1.24 bits per heavy atom. The van der Waals surface area contributed by atoms with Gasteiger partial charge in [-0.25, -0.2) is 9.78 Å². The first-order chi connectivity index (χ1) is 14.0. The Kier molecular flexibility index (Phi) is 6.51. The van der Waals surface area contributed by atoms with E-state index in [-0.39, 0.29) is 5.15 Å². The molecule has 0 unspecified atom stereocenters. The van der Waals surface area contributed by atoms with Crippen LogP contribution in [0.2, 0.25) is 5.15 Å². The molecule has 8 heteroatoms. The van der Waals surface area contributed by atoms with E-state index < -0.39 is 18.0 Å². The molecule has 0 aliphatic carbocycles. The van der Waals surface area contributed by atoms with Gasteiger partial charge >= 0.3 is 5.97 Å². The summed E-state index contributed by atoms with van der Waals surface area (Å²) in [5.74, 6) is -0.397. The van der Waals surface area contributed by atoms with E-state index in [0.717, 1.165) is 0 Å². The molecule has 2 aromatic heterocycles.